The summed E-state index contributed by atoms with van der Waals surface area (Å²) in [7, 11) is 3.71. The Bertz CT molecular complexity index is 99.4. The Balaban J connectivity index is 3.71. The average molecular weight is 129 g/mol. The predicted octanol–water partition coefficient (Wildman–Crippen LogP) is 1.71. The van der Waals surface area contributed by atoms with Crippen molar-refractivity contribution in [2.75, 3.05) is 14.1 Å². The molecule has 0 aliphatic carbocycles. The zero-order valence-corrected chi connectivity index (χ0v) is 6.84. The first-order valence-corrected chi connectivity index (χ1v) is 3.02. The first-order valence-electron chi connectivity index (χ1n) is 3.02. The van der Waals surface area contributed by atoms with Crippen molar-refractivity contribution in [3.05, 3.63) is 0 Å². The lowest BCUT2D eigenvalue weighted by Gasteiger charge is -2.10. The monoisotopic (exact) mass is 129 g/mol. The molecule has 3 nitrogen and oxygen atoms in total. The van der Waals surface area contributed by atoms with Gasteiger partial charge in [0.25, 0.3) is 0 Å². The summed E-state index contributed by atoms with van der Waals surface area (Å²) in [6, 6.07) is 0. The third-order valence-electron chi connectivity index (χ3n) is 0.524. The van der Waals surface area contributed by atoms with E-state index in [0.717, 1.165) is 0 Å². The molecule has 0 saturated carbocycles. The Kier molecular flexibility index (Phi) is 2.62. The molecule has 0 aliphatic rings. The number of hydrogen-bond acceptors (Lipinski definition) is 2. The summed E-state index contributed by atoms with van der Waals surface area (Å²) in [5.41, 5.74) is -0.0513. The van der Waals surface area contributed by atoms with Crippen LogP contribution in [0.25, 0.3) is 0 Å². The standard InChI is InChI=1S/C6H15N3/c1-6(2,3)7-8-9(4)5/h1-5H3/b8-7-. The lowest BCUT2D eigenvalue weighted by atomic mass is 10.1. The maximum Gasteiger partial charge on any atom is 0.0753 e. The van der Waals surface area contributed by atoms with E-state index in [1.807, 2.05) is 34.9 Å². The van der Waals surface area contributed by atoms with E-state index in [0.29, 0.717) is 0 Å². The third kappa shape index (κ3) is 7.40. The maximum atomic E-state index is 4.01. The molecule has 0 aliphatic heterocycles. The van der Waals surface area contributed by atoms with E-state index in [4.69, 9.17) is 0 Å². The highest BCUT2D eigenvalue weighted by molar-refractivity contribution is 4.65. The second-order valence-electron chi connectivity index (χ2n) is 3.21. The van der Waals surface area contributed by atoms with E-state index < -0.39 is 0 Å². The van der Waals surface area contributed by atoms with Gasteiger partial charge in [-0.25, -0.2) is 0 Å². The van der Waals surface area contributed by atoms with Crippen molar-refractivity contribution in [3.63, 3.8) is 0 Å². The molecule has 0 radical (unpaired) electrons. The average Bonchev–Trinajstić information content (AvgIpc) is 1.59. The Morgan fingerprint density at radius 3 is 1.67 bits per heavy atom. The Labute approximate surface area is 56.7 Å². The van der Waals surface area contributed by atoms with Crippen LogP contribution in [0.3, 0.4) is 0 Å². The van der Waals surface area contributed by atoms with Crippen molar-refractivity contribution in [1.29, 1.82) is 0 Å². The molecule has 0 unspecified atom stereocenters. The molecular formula is C6H15N3. The van der Waals surface area contributed by atoms with E-state index in [-0.39, 0.29) is 5.54 Å². The molecule has 0 saturated heterocycles. The molecule has 0 rings (SSSR count). The fraction of sp³-hybridized carbons (Fsp3) is 1.00. The molecule has 0 aromatic carbocycles. The van der Waals surface area contributed by atoms with Gasteiger partial charge in [-0.1, -0.05) is 5.22 Å². The highest BCUT2D eigenvalue weighted by Gasteiger charge is 2.05. The van der Waals surface area contributed by atoms with Crippen LogP contribution in [-0.2, 0) is 0 Å². The van der Waals surface area contributed by atoms with Crippen molar-refractivity contribution >= 4 is 0 Å². The van der Waals surface area contributed by atoms with Crippen LogP contribution in [0.4, 0.5) is 0 Å². The maximum absolute atomic E-state index is 4.01. The van der Waals surface area contributed by atoms with Gasteiger partial charge in [0.1, 0.15) is 0 Å². The first kappa shape index (κ1) is 8.40. The topological polar surface area (TPSA) is 28.0 Å². The van der Waals surface area contributed by atoms with Gasteiger partial charge >= 0.3 is 0 Å². The van der Waals surface area contributed by atoms with E-state index in [2.05, 4.69) is 10.3 Å². The van der Waals surface area contributed by atoms with Crippen LogP contribution in [0.1, 0.15) is 20.8 Å². The van der Waals surface area contributed by atoms with Crippen LogP contribution in [0, 0.1) is 0 Å². The van der Waals surface area contributed by atoms with E-state index in [1.54, 1.807) is 5.01 Å². The third-order valence-corrected chi connectivity index (χ3v) is 0.524. The van der Waals surface area contributed by atoms with Crippen LogP contribution in [0.5, 0.6) is 0 Å². The summed E-state index contributed by atoms with van der Waals surface area (Å²) in [6.07, 6.45) is 0. The highest BCUT2D eigenvalue weighted by atomic mass is 15.5. The Morgan fingerprint density at radius 2 is 1.56 bits per heavy atom. The van der Waals surface area contributed by atoms with Gasteiger partial charge in [0.2, 0.25) is 0 Å². The van der Waals surface area contributed by atoms with Gasteiger partial charge in [-0.3, -0.25) is 5.01 Å². The minimum absolute atomic E-state index is 0.0513. The normalized spacial score (nSPS) is 12.6. The molecule has 0 aromatic heterocycles. The zero-order chi connectivity index (χ0) is 7.49. The van der Waals surface area contributed by atoms with Gasteiger partial charge in [0.05, 0.1) is 5.54 Å². The summed E-state index contributed by atoms with van der Waals surface area (Å²) in [5.74, 6) is 0. The molecule has 0 spiro atoms. The lowest BCUT2D eigenvalue weighted by molar-refractivity contribution is 0.367. The minimum atomic E-state index is -0.0513. The largest absolute Gasteiger partial charge is 0.285 e. The van der Waals surface area contributed by atoms with E-state index in [1.165, 1.54) is 0 Å². The summed E-state index contributed by atoms with van der Waals surface area (Å²) in [5, 5.41) is 9.55. The predicted molar refractivity (Wildman–Crippen MR) is 38.3 cm³/mol. The van der Waals surface area contributed by atoms with Crippen LogP contribution in [0.2, 0.25) is 0 Å². The van der Waals surface area contributed by atoms with Crippen molar-refractivity contribution in [2.45, 2.75) is 26.3 Å². The molecule has 0 heterocycles. The number of hydrogen-bond donors (Lipinski definition) is 0. The fourth-order valence-corrected chi connectivity index (χ4v) is 0.224. The molecule has 0 N–H and O–H groups in total. The second kappa shape index (κ2) is 2.80. The molecule has 0 fully saturated rings. The summed E-state index contributed by atoms with van der Waals surface area (Å²) >= 11 is 0. The van der Waals surface area contributed by atoms with E-state index >= 15 is 0 Å². The molecule has 3 heteroatoms. The van der Waals surface area contributed by atoms with Crippen molar-refractivity contribution in [1.82, 2.24) is 5.01 Å². The van der Waals surface area contributed by atoms with Gasteiger partial charge < -0.3 is 0 Å². The quantitative estimate of drug-likeness (QED) is 0.391. The van der Waals surface area contributed by atoms with Crippen LogP contribution in [0.15, 0.2) is 10.3 Å². The van der Waals surface area contributed by atoms with Gasteiger partial charge in [-0.2, -0.15) is 5.11 Å². The SMILES string of the molecule is CN(C)/N=N\C(C)(C)C. The fourth-order valence-electron chi connectivity index (χ4n) is 0.224. The number of nitrogens with zero attached hydrogens (tertiary/aromatic N) is 3. The first-order chi connectivity index (χ1) is 3.92. The van der Waals surface area contributed by atoms with Crippen molar-refractivity contribution in [2.24, 2.45) is 10.3 Å². The Hall–Kier alpha value is -0.600. The van der Waals surface area contributed by atoms with Gasteiger partial charge in [-0.15, -0.1) is 0 Å². The molecule has 0 bridgehead atoms. The molecule has 0 amide bonds. The number of rotatable bonds is 1. The molecule has 0 aromatic rings. The van der Waals surface area contributed by atoms with Crippen LogP contribution in [-0.4, -0.2) is 24.6 Å². The smallest absolute Gasteiger partial charge is 0.0753 e. The summed E-state index contributed by atoms with van der Waals surface area (Å²) in [4.78, 5) is 0. The van der Waals surface area contributed by atoms with Crippen molar-refractivity contribution in [3.8, 4) is 0 Å². The molecule has 0 atom stereocenters. The van der Waals surface area contributed by atoms with Crippen LogP contribution < -0.4 is 0 Å². The summed E-state index contributed by atoms with van der Waals surface area (Å²) < 4.78 is 0. The van der Waals surface area contributed by atoms with Crippen LogP contribution >= 0.6 is 0 Å². The molecule has 9 heavy (non-hydrogen) atoms. The Morgan fingerprint density at radius 1 is 1.11 bits per heavy atom. The van der Waals surface area contributed by atoms with Crippen molar-refractivity contribution < 1.29 is 0 Å². The molecule has 54 valence electrons. The van der Waals surface area contributed by atoms with Gasteiger partial charge in [0, 0.05) is 14.1 Å². The lowest BCUT2D eigenvalue weighted by Crippen LogP contribution is -2.11. The highest BCUT2D eigenvalue weighted by Crippen LogP contribution is 2.06. The van der Waals surface area contributed by atoms with Gasteiger partial charge in [0.15, 0.2) is 0 Å². The molecular weight excluding hydrogens is 114 g/mol. The zero-order valence-electron chi connectivity index (χ0n) is 6.84. The summed E-state index contributed by atoms with van der Waals surface area (Å²) in [6.45, 7) is 6.04. The second-order valence-corrected chi connectivity index (χ2v) is 3.21. The van der Waals surface area contributed by atoms with Gasteiger partial charge in [-0.05, 0) is 20.8 Å². The minimum Gasteiger partial charge on any atom is -0.285 e. The van der Waals surface area contributed by atoms with E-state index in [9.17, 15) is 0 Å².